The number of hydrogen-bond acceptors (Lipinski definition) is 7. The van der Waals surface area contributed by atoms with E-state index in [4.69, 9.17) is 9.47 Å². The topological polar surface area (TPSA) is 101 Å². The molecule has 0 bridgehead atoms. The summed E-state index contributed by atoms with van der Waals surface area (Å²) >= 11 is 0. The van der Waals surface area contributed by atoms with Crippen molar-refractivity contribution in [3.63, 3.8) is 0 Å². The highest BCUT2D eigenvalue weighted by molar-refractivity contribution is 6.08. The van der Waals surface area contributed by atoms with Crippen LogP contribution >= 0.6 is 0 Å². The van der Waals surface area contributed by atoms with Gasteiger partial charge in [0.15, 0.2) is 0 Å². The third kappa shape index (κ3) is 7.18. The predicted octanol–water partition coefficient (Wildman–Crippen LogP) is 6.65. The van der Waals surface area contributed by atoms with Gasteiger partial charge in [-0.05, 0) is 56.3 Å². The molecule has 0 radical (unpaired) electrons. The largest absolute Gasteiger partial charge is 0.495 e. The quantitative estimate of drug-likeness (QED) is 0.218. The van der Waals surface area contributed by atoms with Gasteiger partial charge in [-0.15, -0.1) is 0 Å². The number of amides is 2. The molecule has 1 aromatic heterocycles. The first-order valence-electron chi connectivity index (χ1n) is 13.2. The summed E-state index contributed by atoms with van der Waals surface area (Å²) in [7, 11) is 5.62. The maximum atomic E-state index is 13.1. The van der Waals surface area contributed by atoms with Crippen LogP contribution in [0.5, 0.6) is 17.4 Å². The third-order valence-electron chi connectivity index (χ3n) is 6.33. The Morgan fingerprint density at radius 1 is 0.900 bits per heavy atom. The van der Waals surface area contributed by atoms with Crippen molar-refractivity contribution in [1.29, 1.82) is 0 Å². The second kappa shape index (κ2) is 12.2. The Morgan fingerprint density at radius 2 is 1.60 bits per heavy atom. The van der Waals surface area contributed by atoms with E-state index in [0.717, 1.165) is 28.6 Å². The standard InChI is InChI=1S/C31H38N6O3/c1-20-18-28(36-29(33-20)32-16-17-37(5)6)40-26-15-13-24(22-10-8-9-11-23(22)26)34-30(38)35-25-19-21(31(2,3)4)12-14-27(25)39-7/h8-15,18-19H,16-17H2,1-7H3,(H,32,33,36)(H2,34,35,38). The van der Waals surface area contributed by atoms with E-state index in [0.29, 0.717) is 41.2 Å². The van der Waals surface area contributed by atoms with Crippen molar-refractivity contribution in [2.75, 3.05) is 50.2 Å². The summed E-state index contributed by atoms with van der Waals surface area (Å²) in [6, 6.07) is 18.7. The van der Waals surface area contributed by atoms with Crippen LogP contribution in [0.3, 0.4) is 0 Å². The lowest BCUT2D eigenvalue weighted by Crippen LogP contribution is -2.21. The molecule has 0 aliphatic carbocycles. The molecule has 0 spiro atoms. The van der Waals surface area contributed by atoms with Crippen molar-refractivity contribution >= 4 is 34.1 Å². The van der Waals surface area contributed by atoms with Crippen LogP contribution in [-0.2, 0) is 5.41 Å². The Morgan fingerprint density at radius 3 is 2.30 bits per heavy atom. The Balaban J connectivity index is 1.56. The van der Waals surface area contributed by atoms with Gasteiger partial charge < -0.3 is 30.3 Å². The Kier molecular flexibility index (Phi) is 8.74. The zero-order valence-electron chi connectivity index (χ0n) is 24.3. The van der Waals surface area contributed by atoms with Gasteiger partial charge in [0.25, 0.3) is 0 Å². The summed E-state index contributed by atoms with van der Waals surface area (Å²) in [6.07, 6.45) is 0. The molecule has 4 aromatic rings. The molecule has 0 unspecified atom stereocenters. The van der Waals surface area contributed by atoms with Gasteiger partial charge in [-0.2, -0.15) is 4.98 Å². The van der Waals surface area contributed by atoms with Crippen molar-refractivity contribution in [3.8, 4) is 17.4 Å². The number of aryl methyl sites for hydroxylation is 1. The van der Waals surface area contributed by atoms with Crippen LogP contribution in [0, 0.1) is 6.92 Å². The summed E-state index contributed by atoms with van der Waals surface area (Å²) in [6.45, 7) is 9.85. The van der Waals surface area contributed by atoms with E-state index in [2.05, 4.69) is 51.6 Å². The van der Waals surface area contributed by atoms with Crippen molar-refractivity contribution in [3.05, 3.63) is 71.9 Å². The number of urea groups is 1. The fourth-order valence-electron chi connectivity index (χ4n) is 4.19. The van der Waals surface area contributed by atoms with Crippen molar-refractivity contribution in [2.24, 2.45) is 0 Å². The minimum atomic E-state index is -0.372. The van der Waals surface area contributed by atoms with Crippen molar-refractivity contribution < 1.29 is 14.3 Å². The fraction of sp³-hybridized carbons (Fsp3) is 0.323. The summed E-state index contributed by atoms with van der Waals surface area (Å²) in [4.78, 5) is 24.2. The van der Waals surface area contributed by atoms with E-state index in [-0.39, 0.29) is 11.4 Å². The minimum Gasteiger partial charge on any atom is -0.495 e. The van der Waals surface area contributed by atoms with Gasteiger partial charge in [0, 0.05) is 35.6 Å². The SMILES string of the molecule is COc1ccc(C(C)(C)C)cc1NC(=O)Nc1ccc(Oc2cc(C)nc(NCCN(C)C)n2)c2ccccc12. The number of anilines is 3. The number of ether oxygens (including phenoxy) is 2. The molecule has 3 aromatic carbocycles. The van der Waals surface area contributed by atoms with Gasteiger partial charge in [-0.1, -0.05) is 51.1 Å². The first-order chi connectivity index (χ1) is 19.0. The highest BCUT2D eigenvalue weighted by atomic mass is 16.5. The Bertz CT molecular complexity index is 1500. The number of benzene rings is 3. The average molecular weight is 543 g/mol. The molecular weight excluding hydrogens is 504 g/mol. The smallest absolute Gasteiger partial charge is 0.323 e. The van der Waals surface area contributed by atoms with Crippen LogP contribution in [0.2, 0.25) is 0 Å². The maximum Gasteiger partial charge on any atom is 0.323 e. The lowest BCUT2D eigenvalue weighted by Gasteiger charge is -2.21. The molecule has 0 saturated carbocycles. The van der Waals surface area contributed by atoms with Gasteiger partial charge in [0.2, 0.25) is 11.8 Å². The van der Waals surface area contributed by atoms with Crippen LogP contribution in [0.15, 0.2) is 60.7 Å². The van der Waals surface area contributed by atoms with Gasteiger partial charge in [0.1, 0.15) is 11.5 Å². The van der Waals surface area contributed by atoms with Crippen LogP contribution in [-0.4, -0.2) is 55.2 Å². The van der Waals surface area contributed by atoms with E-state index < -0.39 is 0 Å². The van der Waals surface area contributed by atoms with Crippen molar-refractivity contribution in [1.82, 2.24) is 14.9 Å². The third-order valence-corrected chi connectivity index (χ3v) is 6.33. The second-order valence-electron chi connectivity index (χ2n) is 10.9. The monoisotopic (exact) mass is 542 g/mol. The van der Waals surface area contributed by atoms with Crippen LogP contribution in [0.1, 0.15) is 32.0 Å². The summed E-state index contributed by atoms with van der Waals surface area (Å²) < 4.78 is 11.7. The highest BCUT2D eigenvalue weighted by Crippen LogP contribution is 2.35. The molecule has 1 heterocycles. The Labute approximate surface area is 235 Å². The van der Waals surface area contributed by atoms with Crippen LogP contribution < -0.4 is 25.4 Å². The van der Waals surface area contributed by atoms with E-state index in [9.17, 15) is 4.79 Å². The van der Waals surface area contributed by atoms with Gasteiger partial charge in [0.05, 0.1) is 18.5 Å². The van der Waals surface area contributed by atoms with Gasteiger partial charge >= 0.3 is 6.03 Å². The summed E-state index contributed by atoms with van der Waals surface area (Å²) in [5.74, 6) is 2.17. The highest BCUT2D eigenvalue weighted by Gasteiger charge is 2.18. The number of nitrogens with zero attached hydrogens (tertiary/aromatic N) is 3. The number of carbonyl (C=O) groups is 1. The minimum absolute atomic E-state index is 0.0729. The number of fused-ring (bicyclic) bond motifs is 1. The normalized spacial score (nSPS) is 11.4. The first-order valence-corrected chi connectivity index (χ1v) is 13.2. The number of aromatic nitrogens is 2. The van der Waals surface area contributed by atoms with E-state index in [1.807, 2.05) is 75.6 Å². The number of hydrogen-bond donors (Lipinski definition) is 3. The zero-order valence-corrected chi connectivity index (χ0v) is 24.3. The maximum absolute atomic E-state index is 13.1. The van der Waals surface area contributed by atoms with E-state index in [1.165, 1.54) is 0 Å². The molecule has 9 heteroatoms. The molecule has 0 fully saturated rings. The number of rotatable bonds is 9. The molecule has 4 rings (SSSR count). The first kappa shape index (κ1) is 28.6. The molecular formula is C31H38N6O3. The lowest BCUT2D eigenvalue weighted by molar-refractivity contribution is 0.262. The number of likely N-dealkylation sites (N-methyl/N-ethyl adjacent to an activating group) is 1. The molecule has 0 aliphatic rings. The molecule has 2 amide bonds. The lowest BCUT2D eigenvalue weighted by atomic mass is 9.87. The molecule has 0 atom stereocenters. The average Bonchev–Trinajstić information content (AvgIpc) is 2.89. The number of nitrogens with one attached hydrogen (secondary N) is 3. The molecule has 9 nitrogen and oxygen atoms in total. The second-order valence-corrected chi connectivity index (χ2v) is 10.9. The fourth-order valence-corrected chi connectivity index (χ4v) is 4.19. The van der Waals surface area contributed by atoms with Gasteiger partial charge in [-0.25, -0.2) is 9.78 Å². The van der Waals surface area contributed by atoms with Crippen LogP contribution in [0.4, 0.5) is 22.1 Å². The molecule has 0 aliphatic heterocycles. The number of carbonyl (C=O) groups excluding carboxylic acids is 1. The summed E-state index contributed by atoms with van der Waals surface area (Å²) in [5, 5.41) is 10.8. The Hall–Kier alpha value is -4.37. The van der Waals surface area contributed by atoms with Crippen molar-refractivity contribution in [2.45, 2.75) is 33.1 Å². The van der Waals surface area contributed by atoms with Crippen LogP contribution in [0.25, 0.3) is 10.8 Å². The number of methoxy groups -OCH3 is 1. The molecule has 40 heavy (non-hydrogen) atoms. The predicted molar refractivity (Wildman–Crippen MR) is 162 cm³/mol. The zero-order chi connectivity index (χ0) is 28.9. The van der Waals surface area contributed by atoms with Gasteiger partial charge in [-0.3, -0.25) is 0 Å². The molecule has 210 valence electrons. The van der Waals surface area contributed by atoms with E-state index >= 15 is 0 Å². The summed E-state index contributed by atoms with van der Waals surface area (Å²) in [5.41, 5.74) is 3.06. The van der Waals surface area contributed by atoms with E-state index in [1.54, 1.807) is 13.2 Å². The molecule has 0 saturated heterocycles. The molecule has 3 N–H and O–H groups in total.